The minimum Gasteiger partial charge on any atom is -0.483 e. The molecule has 1 N–H and O–H groups in total. The van der Waals surface area contributed by atoms with E-state index in [9.17, 15) is 18.4 Å². The molecule has 2 aromatic heterocycles. The maximum atomic E-state index is 14.9. The van der Waals surface area contributed by atoms with E-state index in [1.165, 1.54) is 23.6 Å². The van der Waals surface area contributed by atoms with Gasteiger partial charge in [-0.3, -0.25) is 14.9 Å². The zero-order chi connectivity index (χ0) is 23.7. The van der Waals surface area contributed by atoms with Crippen LogP contribution in [-0.4, -0.2) is 21.8 Å². The number of amides is 2. The molecule has 0 aliphatic rings. The van der Waals surface area contributed by atoms with Crippen LogP contribution >= 0.6 is 46.1 Å². The zero-order valence-corrected chi connectivity index (χ0v) is 19.3. The van der Waals surface area contributed by atoms with Gasteiger partial charge in [0.15, 0.2) is 11.6 Å². The number of nitrogens with one attached hydrogen (secondary N) is 1. The van der Waals surface area contributed by atoms with Crippen LogP contribution in [0.2, 0.25) is 15.2 Å². The molecule has 4 aromatic rings. The lowest BCUT2D eigenvalue weighted by Crippen LogP contribution is -2.32. The van der Waals surface area contributed by atoms with Gasteiger partial charge in [-0.2, -0.15) is 0 Å². The molecule has 4 rings (SSSR count). The summed E-state index contributed by atoms with van der Waals surface area (Å²) in [7, 11) is 0. The quantitative estimate of drug-likeness (QED) is 0.251. The van der Waals surface area contributed by atoms with Gasteiger partial charge < -0.3 is 4.74 Å². The van der Waals surface area contributed by atoms with Crippen molar-refractivity contribution in [2.45, 2.75) is 6.61 Å². The average molecular weight is 529 g/mol. The molecule has 2 heterocycles. The van der Waals surface area contributed by atoms with Crippen molar-refractivity contribution in [1.29, 1.82) is 0 Å². The molecule has 2 aromatic carbocycles. The van der Waals surface area contributed by atoms with Crippen LogP contribution in [-0.2, 0) is 6.61 Å². The van der Waals surface area contributed by atoms with Crippen LogP contribution < -0.4 is 10.1 Å². The van der Waals surface area contributed by atoms with Gasteiger partial charge in [-0.1, -0.05) is 34.8 Å². The van der Waals surface area contributed by atoms with Crippen molar-refractivity contribution in [3.05, 3.63) is 85.6 Å². The molecule has 12 heteroatoms. The average Bonchev–Trinajstić information content (AvgIpc) is 3.17. The lowest BCUT2D eigenvalue weighted by Gasteiger charge is -2.11. The number of aromatic nitrogens is 2. The number of ether oxygens (including phenoxy) is 1. The molecule has 0 unspecified atom stereocenters. The van der Waals surface area contributed by atoms with Crippen LogP contribution in [0.15, 0.2) is 42.6 Å². The molecule has 0 atom stereocenters. The molecule has 0 saturated carbocycles. The molecule has 2 amide bonds. The van der Waals surface area contributed by atoms with Crippen molar-refractivity contribution in [1.82, 2.24) is 15.3 Å². The minimum atomic E-state index is -1.32. The van der Waals surface area contributed by atoms with Crippen LogP contribution in [0.3, 0.4) is 0 Å². The Labute approximate surface area is 204 Å². The second-order valence-corrected chi connectivity index (χ2v) is 8.78. The Morgan fingerprint density at radius 2 is 1.85 bits per heavy atom. The summed E-state index contributed by atoms with van der Waals surface area (Å²) in [6, 6.07) is 8.25. The largest absolute Gasteiger partial charge is 0.483 e. The molecule has 0 saturated heterocycles. The molecule has 33 heavy (non-hydrogen) atoms. The smallest absolute Gasteiger partial charge is 0.264 e. The fourth-order valence-corrected chi connectivity index (χ4v) is 4.34. The number of fused-ring (bicyclic) bond motifs is 1. The highest BCUT2D eigenvalue weighted by Gasteiger charge is 2.25. The number of benzene rings is 2. The van der Waals surface area contributed by atoms with E-state index in [-0.39, 0.29) is 22.3 Å². The van der Waals surface area contributed by atoms with Gasteiger partial charge in [0.1, 0.15) is 28.1 Å². The molecular weight excluding hydrogens is 519 g/mol. The third-order valence-corrected chi connectivity index (χ3v) is 6.34. The van der Waals surface area contributed by atoms with Crippen LogP contribution in [0.25, 0.3) is 10.2 Å². The Morgan fingerprint density at radius 1 is 1.06 bits per heavy atom. The molecular formula is C21H10Cl3F2N3O3S. The number of halogens is 5. The molecule has 0 aliphatic carbocycles. The van der Waals surface area contributed by atoms with E-state index in [1.54, 1.807) is 18.2 Å². The predicted octanol–water partition coefficient (Wildman–Crippen LogP) is 6.08. The topological polar surface area (TPSA) is 81.2 Å². The summed E-state index contributed by atoms with van der Waals surface area (Å²) in [5.74, 6) is -5.18. The Morgan fingerprint density at radius 3 is 2.64 bits per heavy atom. The number of nitrogens with zero attached hydrogens (tertiary/aromatic N) is 2. The summed E-state index contributed by atoms with van der Waals surface area (Å²) in [5.41, 5.74) is -0.488. The maximum absolute atomic E-state index is 14.9. The van der Waals surface area contributed by atoms with Crippen molar-refractivity contribution in [3.63, 3.8) is 0 Å². The minimum absolute atomic E-state index is 0.134. The van der Waals surface area contributed by atoms with Gasteiger partial charge in [0, 0.05) is 11.2 Å². The number of carbonyl (C=O) groups excluding carboxylic acids is 2. The van der Waals surface area contributed by atoms with E-state index in [0.29, 0.717) is 15.5 Å². The highest BCUT2D eigenvalue weighted by molar-refractivity contribution is 7.18. The molecule has 0 spiro atoms. The number of pyridine rings is 1. The van der Waals surface area contributed by atoms with Gasteiger partial charge in [0.05, 0.1) is 20.8 Å². The second-order valence-electron chi connectivity index (χ2n) is 6.49. The van der Waals surface area contributed by atoms with Gasteiger partial charge in [-0.15, -0.1) is 11.3 Å². The SMILES string of the molecule is O=C(NC(=O)c1c(F)ccc(OCc2nc3ccc(Cl)cc3s2)c1F)c1ccnc(Cl)c1Cl. The number of thiazole rings is 1. The normalized spacial score (nSPS) is 10.9. The fraction of sp³-hybridized carbons (Fsp3) is 0.0476. The van der Waals surface area contributed by atoms with Crippen LogP contribution in [0.4, 0.5) is 8.78 Å². The third-order valence-electron chi connectivity index (χ3n) is 4.35. The predicted molar refractivity (Wildman–Crippen MR) is 121 cm³/mol. The molecule has 6 nitrogen and oxygen atoms in total. The lowest BCUT2D eigenvalue weighted by molar-refractivity contribution is 0.0844. The van der Waals surface area contributed by atoms with Gasteiger partial charge in [-0.05, 0) is 36.4 Å². The van der Waals surface area contributed by atoms with Crippen LogP contribution in [0, 0.1) is 11.6 Å². The zero-order valence-electron chi connectivity index (χ0n) is 16.2. The Hall–Kier alpha value is -2.85. The highest BCUT2D eigenvalue weighted by atomic mass is 35.5. The summed E-state index contributed by atoms with van der Waals surface area (Å²) in [4.78, 5) is 32.8. The van der Waals surface area contributed by atoms with E-state index in [2.05, 4.69) is 9.97 Å². The second kappa shape index (κ2) is 9.56. The monoisotopic (exact) mass is 527 g/mol. The molecule has 0 fully saturated rings. The summed E-state index contributed by atoms with van der Waals surface area (Å²) in [6.07, 6.45) is 1.19. The van der Waals surface area contributed by atoms with Gasteiger partial charge in [0.2, 0.25) is 0 Å². The van der Waals surface area contributed by atoms with Gasteiger partial charge in [0.25, 0.3) is 11.8 Å². The molecule has 0 bridgehead atoms. The van der Waals surface area contributed by atoms with Crippen molar-refractivity contribution >= 4 is 68.2 Å². The first-order valence-electron chi connectivity index (χ1n) is 9.06. The summed E-state index contributed by atoms with van der Waals surface area (Å²) in [6.45, 7) is -0.134. The van der Waals surface area contributed by atoms with Gasteiger partial charge >= 0.3 is 0 Å². The van der Waals surface area contributed by atoms with E-state index >= 15 is 0 Å². The Bertz CT molecular complexity index is 1410. The Balaban J connectivity index is 1.53. The number of hydrogen-bond donors (Lipinski definition) is 1. The van der Waals surface area contributed by atoms with Crippen molar-refractivity contribution in [2.24, 2.45) is 0 Å². The summed E-state index contributed by atoms with van der Waals surface area (Å²) >= 11 is 18.9. The Kier molecular flexibility index (Phi) is 6.76. The third kappa shape index (κ3) is 4.91. The van der Waals surface area contributed by atoms with Crippen molar-refractivity contribution < 1.29 is 23.1 Å². The number of imide groups is 1. The number of hydrogen-bond acceptors (Lipinski definition) is 6. The maximum Gasteiger partial charge on any atom is 0.264 e. The summed E-state index contributed by atoms with van der Waals surface area (Å²) < 4.78 is 35.4. The highest BCUT2D eigenvalue weighted by Crippen LogP contribution is 2.28. The number of rotatable bonds is 5. The van der Waals surface area contributed by atoms with E-state index in [1.807, 2.05) is 5.32 Å². The van der Waals surface area contributed by atoms with E-state index in [0.717, 1.165) is 16.8 Å². The molecule has 168 valence electrons. The number of carbonyl (C=O) groups is 2. The van der Waals surface area contributed by atoms with Gasteiger partial charge in [-0.25, -0.2) is 18.7 Å². The molecule has 0 radical (unpaired) electrons. The van der Waals surface area contributed by atoms with Crippen molar-refractivity contribution in [3.8, 4) is 5.75 Å². The lowest BCUT2D eigenvalue weighted by atomic mass is 10.1. The van der Waals surface area contributed by atoms with Crippen LogP contribution in [0.1, 0.15) is 25.7 Å². The van der Waals surface area contributed by atoms with E-state index in [4.69, 9.17) is 39.5 Å². The standard InChI is InChI=1S/C21H10Cl3F2N3O3S/c22-9-1-3-12-14(7-9)33-15(28-12)8-32-13-4-2-11(25)16(18(13)26)21(31)29-20(30)10-5-6-27-19(24)17(10)23/h1-7H,8H2,(H,29,30,31). The fourth-order valence-electron chi connectivity index (χ4n) is 2.83. The first-order chi connectivity index (χ1) is 15.7. The van der Waals surface area contributed by atoms with Crippen molar-refractivity contribution in [2.75, 3.05) is 0 Å². The molecule has 0 aliphatic heterocycles. The first-order valence-corrected chi connectivity index (χ1v) is 11.0. The van der Waals surface area contributed by atoms with E-state index < -0.39 is 34.8 Å². The first kappa shape index (κ1) is 23.3. The summed E-state index contributed by atoms with van der Waals surface area (Å²) in [5, 5.41) is 2.57. The van der Waals surface area contributed by atoms with Crippen LogP contribution in [0.5, 0.6) is 5.75 Å².